The summed E-state index contributed by atoms with van der Waals surface area (Å²) >= 11 is 0.893. The van der Waals surface area contributed by atoms with Crippen molar-refractivity contribution in [3.05, 3.63) is 52.6 Å². The van der Waals surface area contributed by atoms with E-state index in [-0.39, 0.29) is 22.8 Å². The third kappa shape index (κ3) is 3.43. The van der Waals surface area contributed by atoms with Crippen molar-refractivity contribution in [2.24, 2.45) is 0 Å². The third-order valence-corrected chi connectivity index (χ3v) is 5.03. The Bertz CT molecular complexity index is 914. The van der Waals surface area contributed by atoms with E-state index in [1.54, 1.807) is 24.3 Å². The number of hydrogen-bond donors (Lipinski definition) is 1. The second-order valence-electron chi connectivity index (χ2n) is 5.90. The van der Waals surface area contributed by atoms with Crippen molar-refractivity contribution < 1.29 is 23.9 Å². The zero-order chi connectivity index (χ0) is 18.8. The Balaban J connectivity index is 1.86. The van der Waals surface area contributed by atoms with E-state index in [4.69, 9.17) is 9.52 Å². The number of carboxylic acids is 1. The predicted octanol–water partition coefficient (Wildman–Crippen LogP) is 4.48. The molecule has 1 aliphatic rings. The topological polar surface area (TPSA) is 87.8 Å². The number of aromatic carboxylic acids is 1. The summed E-state index contributed by atoms with van der Waals surface area (Å²) in [6.45, 7) is 3.75. The molecule has 134 valence electrons. The molecule has 0 saturated carbocycles. The molecule has 26 heavy (non-hydrogen) atoms. The monoisotopic (exact) mass is 371 g/mol. The van der Waals surface area contributed by atoms with E-state index < -0.39 is 5.97 Å². The standard InChI is InChI=1S/C19H17NO5S/c1-3-11(2)20-17(21)16(26-19(20)24)10-14-7-8-15(25-14)12-5-4-6-13(9-12)18(22)23/h4-11H,3H2,1-2H3,(H,22,23)/b16-10-. The van der Waals surface area contributed by atoms with Crippen LogP contribution in [0.25, 0.3) is 17.4 Å². The highest BCUT2D eigenvalue weighted by atomic mass is 32.2. The van der Waals surface area contributed by atoms with Crippen molar-refractivity contribution in [3.63, 3.8) is 0 Å². The Morgan fingerprint density at radius 3 is 2.77 bits per heavy atom. The van der Waals surface area contributed by atoms with Crippen LogP contribution >= 0.6 is 11.8 Å². The second kappa shape index (κ2) is 7.21. The number of rotatable bonds is 5. The van der Waals surface area contributed by atoms with E-state index in [1.807, 2.05) is 13.8 Å². The number of hydrogen-bond acceptors (Lipinski definition) is 5. The van der Waals surface area contributed by atoms with Crippen molar-refractivity contribution in [1.29, 1.82) is 0 Å². The van der Waals surface area contributed by atoms with Gasteiger partial charge in [-0.1, -0.05) is 19.1 Å². The van der Waals surface area contributed by atoms with Crippen LogP contribution in [0.15, 0.2) is 45.7 Å². The van der Waals surface area contributed by atoms with Gasteiger partial charge in [-0.15, -0.1) is 0 Å². The largest absolute Gasteiger partial charge is 0.478 e. The minimum Gasteiger partial charge on any atom is -0.478 e. The maximum absolute atomic E-state index is 12.4. The molecule has 3 rings (SSSR count). The highest BCUT2D eigenvalue weighted by Gasteiger charge is 2.37. The summed E-state index contributed by atoms with van der Waals surface area (Å²) in [6.07, 6.45) is 2.23. The lowest BCUT2D eigenvalue weighted by Gasteiger charge is -2.19. The number of carbonyl (C=O) groups excluding carboxylic acids is 2. The van der Waals surface area contributed by atoms with E-state index in [1.165, 1.54) is 23.1 Å². The molecular formula is C19H17NO5S. The number of thioether (sulfide) groups is 1. The molecule has 0 spiro atoms. The van der Waals surface area contributed by atoms with Gasteiger partial charge in [0.1, 0.15) is 11.5 Å². The molecule has 1 saturated heterocycles. The Hall–Kier alpha value is -2.80. The van der Waals surface area contributed by atoms with Gasteiger partial charge in [-0.2, -0.15) is 0 Å². The first-order valence-corrected chi connectivity index (χ1v) is 8.93. The molecule has 1 aliphatic heterocycles. The number of amides is 2. The van der Waals surface area contributed by atoms with Crippen LogP contribution in [-0.2, 0) is 4.79 Å². The van der Waals surface area contributed by atoms with Gasteiger partial charge in [0.05, 0.1) is 10.5 Å². The first-order chi connectivity index (χ1) is 12.4. The van der Waals surface area contributed by atoms with Crippen LogP contribution in [0, 0.1) is 0 Å². The maximum Gasteiger partial charge on any atom is 0.335 e. The van der Waals surface area contributed by atoms with Gasteiger partial charge in [0.2, 0.25) is 0 Å². The number of nitrogens with zero attached hydrogens (tertiary/aromatic N) is 1. The van der Waals surface area contributed by atoms with Gasteiger partial charge >= 0.3 is 5.97 Å². The van der Waals surface area contributed by atoms with Crippen LogP contribution < -0.4 is 0 Å². The predicted molar refractivity (Wildman–Crippen MR) is 98.7 cm³/mol. The lowest BCUT2D eigenvalue weighted by Crippen LogP contribution is -2.36. The first kappa shape index (κ1) is 18.0. The van der Waals surface area contributed by atoms with E-state index in [9.17, 15) is 14.4 Å². The quantitative estimate of drug-likeness (QED) is 0.780. The molecule has 1 atom stereocenters. The summed E-state index contributed by atoms with van der Waals surface area (Å²) in [5.74, 6) is -0.423. The average Bonchev–Trinajstić information content (AvgIpc) is 3.19. The second-order valence-corrected chi connectivity index (χ2v) is 6.89. The summed E-state index contributed by atoms with van der Waals surface area (Å²) in [7, 11) is 0. The molecule has 0 aliphatic carbocycles. The summed E-state index contributed by atoms with van der Waals surface area (Å²) in [4.78, 5) is 37.1. The number of furan rings is 1. The van der Waals surface area contributed by atoms with E-state index in [0.717, 1.165) is 11.8 Å². The Morgan fingerprint density at radius 2 is 2.08 bits per heavy atom. The number of imide groups is 1. The zero-order valence-corrected chi connectivity index (χ0v) is 15.1. The van der Waals surface area contributed by atoms with Gasteiger partial charge in [-0.3, -0.25) is 14.5 Å². The number of carbonyl (C=O) groups is 3. The highest BCUT2D eigenvalue weighted by Crippen LogP contribution is 2.35. The molecule has 2 aromatic rings. The Morgan fingerprint density at radius 1 is 1.31 bits per heavy atom. The van der Waals surface area contributed by atoms with Crippen LogP contribution in [0.1, 0.15) is 36.4 Å². The molecule has 1 fully saturated rings. The minimum absolute atomic E-state index is 0.153. The molecule has 1 unspecified atom stereocenters. The minimum atomic E-state index is -1.02. The van der Waals surface area contributed by atoms with Crippen LogP contribution in [0.2, 0.25) is 0 Å². The molecule has 1 aromatic carbocycles. The zero-order valence-electron chi connectivity index (χ0n) is 14.3. The molecule has 2 amide bonds. The van der Waals surface area contributed by atoms with Crippen molar-refractivity contribution >= 4 is 35.0 Å². The van der Waals surface area contributed by atoms with Gasteiger partial charge in [-0.25, -0.2) is 4.79 Å². The molecule has 0 radical (unpaired) electrons. The van der Waals surface area contributed by atoms with Crippen molar-refractivity contribution in [3.8, 4) is 11.3 Å². The van der Waals surface area contributed by atoms with Crippen LogP contribution in [0.4, 0.5) is 4.79 Å². The maximum atomic E-state index is 12.4. The summed E-state index contributed by atoms with van der Waals surface area (Å²) in [5, 5.41) is 8.80. The van der Waals surface area contributed by atoms with E-state index in [2.05, 4.69) is 0 Å². The van der Waals surface area contributed by atoms with Crippen LogP contribution in [-0.4, -0.2) is 33.2 Å². The lowest BCUT2D eigenvalue weighted by molar-refractivity contribution is -0.124. The van der Waals surface area contributed by atoms with Gasteiger partial charge in [0, 0.05) is 17.7 Å². The van der Waals surface area contributed by atoms with Gasteiger partial charge in [0.25, 0.3) is 11.1 Å². The molecule has 7 heteroatoms. The Labute approximate surface area is 154 Å². The van der Waals surface area contributed by atoms with Crippen molar-refractivity contribution in [2.75, 3.05) is 0 Å². The van der Waals surface area contributed by atoms with E-state index >= 15 is 0 Å². The summed E-state index contributed by atoms with van der Waals surface area (Å²) in [5.41, 5.74) is 0.785. The summed E-state index contributed by atoms with van der Waals surface area (Å²) in [6, 6.07) is 9.62. The van der Waals surface area contributed by atoms with Crippen LogP contribution in [0.5, 0.6) is 0 Å². The van der Waals surface area contributed by atoms with E-state index in [0.29, 0.717) is 28.4 Å². The number of benzene rings is 1. The average molecular weight is 371 g/mol. The van der Waals surface area contributed by atoms with Crippen LogP contribution in [0.3, 0.4) is 0 Å². The van der Waals surface area contributed by atoms with Gasteiger partial charge in [0.15, 0.2) is 0 Å². The van der Waals surface area contributed by atoms with Crippen molar-refractivity contribution in [2.45, 2.75) is 26.3 Å². The van der Waals surface area contributed by atoms with Gasteiger partial charge < -0.3 is 9.52 Å². The SMILES string of the molecule is CCC(C)N1C(=O)S/C(=C\c2ccc(-c3cccc(C(=O)O)c3)o2)C1=O. The molecular weight excluding hydrogens is 354 g/mol. The highest BCUT2D eigenvalue weighted by molar-refractivity contribution is 8.18. The first-order valence-electron chi connectivity index (χ1n) is 8.11. The lowest BCUT2D eigenvalue weighted by atomic mass is 10.1. The fourth-order valence-corrected chi connectivity index (χ4v) is 3.47. The number of carboxylic acid groups (broad SMARTS) is 1. The smallest absolute Gasteiger partial charge is 0.335 e. The molecule has 0 bridgehead atoms. The third-order valence-electron chi connectivity index (χ3n) is 4.15. The fraction of sp³-hybridized carbons (Fsp3) is 0.211. The molecule has 1 N–H and O–H groups in total. The molecule has 2 heterocycles. The summed E-state index contributed by atoms with van der Waals surface area (Å²) < 4.78 is 5.71. The van der Waals surface area contributed by atoms with Crippen molar-refractivity contribution in [1.82, 2.24) is 4.90 Å². The molecule has 6 nitrogen and oxygen atoms in total. The van der Waals surface area contributed by atoms with Gasteiger partial charge in [-0.05, 0) is 49.4 Å². The molecule has 1 aromatic heterocycles. The normalized spacial score (nSPS) is 17.2. The fourth-order valence-electron chi connectivity index (χ4n) is 2.56. The Kier molecular flexibility index (Phi) is 4.99.